The summed E-state index contributed by atoms with van der Waals surface area (Å²) in [4.78, 5) is 48.7. The number of thiazole rings is 1. The van der Waals surface area contributed by atoms with Gasteiger partial charge in [0.1, 0.15) is 24.4 Å². The van der Waals surface area contributed by atoms with Crippen LogP contribution in [-0.2, 0) is 21.4 Å². The zero-order valence-electron chi connectivity index (χ0n) is 39.2. The first-order valence-electron chi connectivity index (χ1n) is 23.8. The highest BCUT2D eigenvalue weighted by Gasteiger charge is 2.43. The Bertz CT molecular complexity index is 2880. The second-order valence-electron chi connectivity index (χ2n) is 18.9. The number of aliphatic hydroxyl groups excluding tert-OH is 1. The molecule has 3 aliphatic rings. The van der Waals surface area contributed by atoms with Crippen LogP contribution in [0.15, 0.2) is 95.4 Å². The monoisotopic (exact) mass is 937 g/mol. The van der Waals surface area contributed by atoms with E-state index in [9.17, 15) is 14.7 Å². The van der Waals surface area contributed by atoms with Crippen LogP contribution in [0.1, 0.15) is 69.0 Å². The van der Waals surface area contributed by atoms with Gasteiger partial charge in [-0.1, -0.05) is 50.2 Å². The fourth-order valence-corrected chi connectivity index (χ4v) is 10.9. The van der Waals surface area contributed by atoms with Gasteiger partial charge in [-0.25, -0.2) is 9.97 Å². The number of amides is 2. The minimum atomic E-state index is -0.819. The second kappa shape index (κ2) is 19.4. The Morgan fingerprint density at radius 1 is 0.897 bits per heavy atom. The third-order valence-electron chi connectivity index (χ3n) is 14.0. The van der Waals surface area contributed by atoms with E-state index in [1.807, 2.05) is 76.1 Å². The van der Waals surface area contributed by atoms with Gasteiger partial charge < -0.3 is 38.8 Å². The minimum absolute atomic E-state index is 0.0621. The van der Waals surface area contributed by atoms with Gasteiger partial charge in [-0.05, 0) is 78.7 Å². The van der Waals surface area contributed by atoms with Crippen molar-refractivity contribution in [2.75, 3.05) is 50.8 Å². The number of likely N-dealkylation sites (tertiary alicyclic amines) is 2. The molecular weight excluding hydrogens is 879 g/mol. The summed E-state index contributed by atoms with van der Waals surface area (Å²) >= 11 is 1.59. The van der Waals surface area contributed by atoms with Crippen molar-refractivity contribution < 1.29 is 28.7 Å². The lowest BCUT2D eigenvalue weighted by molar-refractivity contribution is -0.141. The van der Waals surface area contributed by atoms with E-state index < -0.39 is 18.1 Å². The predicted molar refractivity (Wildman–Crippen MR) is 263 cm³/mol. The van der Waals surface area contributed by atoms with Gasteiger partial charge in [-0.15, -0.1) is 11.3 Å². The molecule has 7 aromatic rings. The number of nitrogens with one attached hydrogen (secondary N) is 1. The first-order valence-corrected chi connectivity index (χ1v) is 24.7. The number of piperidine rings is 1. The van der Waals surface area contributed by atoms with E-state index in [1.165, 1.54) is 21.3 Å². The smallest absolute Gasteiger partial charge is 0.254 e. The van der Waals surface area contributed by atoms with E-state index in [1.54, 1.807) is 17.4 Å². The van der Waals surface area contributed by atoms with Crippen molar-refractivity contribution in [3.05, 3.63) is 108 Å². The molecule has 0 bridgehead atoms. The van der Waals surface area contributed by atoms with Crippen LogP contribution in [0, 0.1) is 12.8 Å². The van der Waals surface area contributed by atoms with Crippen molar-refractivity contribution in [1.29, 1.82) is 0 Å². The van der Waals surface area contributed by atoms with Gasteiger partial charge in [0.2, 0.25) is 11.8 Å². The molecule has 0 radical (unpaired) electrons. The van der Waals surface area contributed by atoms with Crippen molar-refractivity contribution in [3.63, 3.8) is 0 Å². The number of carbonyl (C=O) groups excluding carboxylic acids is 2. The van der Waals surface area contributed by atoms with E-state index >= 15 is 0 Å². The number of aliphatic hydroxyl groups is 1. The lowest BCUT2D eigenvalue weighted by Crippen LogP contribution is -2.54. The van der Waals surface area contributed by atoms with Crippen LogP contribution in [0.5, 0.6) is 5.88 Å². The molecule has 0 spiro atoms. The second-order valence-corrected chi connectivity index (χ2v) is 19.8. The molecule has 3 aliphatic heterocycles. The number of carbonyl (C=O) groups is 2. The number of β-amino-alcohol motifs (C(OH)–C–C–N with tert-alkyl or cyclic N) is 1. The highest BCUT2D eigenvalue weighted by atomic mass is 32.1. The molecule has 16 heteroatoms. The van der Waals surface area contributed by atoms with E-state index in [0.29, 0.717) is 18.2 Å². The summed E-state index contributed by atoms with van der Waals surface area (Å²) in [5.74, 6) is 0.196. The fourth-order valence-electron chi connectivity index (χ4n) is 10.1. The van der Waals surface area contributed by atoms with Gasteiger partial charge in [0.25, 0.3) is 5.88 Å². The third-order valence-corrected chi connectivity index (χ3v) is 15.0. The molecular formula is C52H59N9O6S. The molecule has 4 atom stereocenters. The van der Waals surface area contributed by atoms with E-state index in [-0.39, 0.29) is 48.9 Å². The lowest BCUT2D eigenvalue weighted by Gasteiger charge is -2.43. The number of hydrogen-bond donors (Lipinski definition) is 2. The molecule has 2 amide bonds. The van der Waals surface area contributed by atoms with Crippen LogP contribution in [0.25, 0.3) is 43.4 Å². The SMILES string of the molecule is Cc1ncsc1-c1ccc([C@H](C)NC(=O)[C@@H]2C[C@@H](O)CN2C(=O)C(c2cc(OCCN3CCC(OC4CN(c5ccc(-c6ccc7c8cnccc8n(C)c7c6)cn5)C4)CC3)no2)C(C)C)cc1. The quantitative estimate of drug-likeness (QED) is 0.104. The van der Waals surface area contributed by atoms with Gasteiger partial charge in [-0.3, -0.25) is 19.5 Å². The standard InChI is InChI=1S/C52H59N9O6S/c1-31(2)49(52(64)61-27-38(62)23-45(61)51(63)56-32(3)34-6-8-35(9-7-34)50-33(4)55-30-68-50)46-24-48(57-67-46)65-21-20-59-18-15-39(16-19-59)66-40-28-60(29-40)47-13-11-37(25-54-47)36-10-12-41-42-26-53-17-14-43(42)58(5)44(41)22-36/h6-14,17,22,24-26,30-32,38-40,45,49,62H,15-16,18-21,23,27-29H2,1-5H3,(H,56,63)/t32-,38+,45-,49?/m0/s1. The van der Waals surface area contributed by atoms with Crippen molar-refractivity contribution in [3.8, 4) is 27.4 Å². The minimum Gasteiger partial charge on any atom is -0.474 e. The number of hydrogen-bond acceptors (Lipinski definition) is 13. The molecule has 5 aromatic heterocycles. The molecule has 0 saturated carbocycles. The zero-order chi connectivity index (χ0) is 47.1. The summed E-state index contributed by atoms with van der Waals surface area (Å²) in [5.41, 5.74) is 9.41. The van der Waals surface area contributed by atoms with Gasteiger partial charge in [-0.2, -0.15) is 0 Å². The molecule has 1 unspecified atom stereocenters. The number of nitrogens with zero attached hydrogens (tertiary/aromatic N) is 8. The van der Waals surface area contributed by atoms with E-state index in [4.69, 9.17) is 19.0 Å². The number of fused-ring (bicyclic) bond motifs is 3. The Morgan fingerprint density at radius 3 is 2.41 bits per heavy atom. The van der Waals surface area contributed by atoms with Crippen LogP contribution < -0.4 is 15.0 Å². The summed E-state index contributed by atoms with van der Waals surface area (Å²) in [6.45, 7) is 12.5. The molecule has 3 saturated heterocycles. The summed E-state index contributed by atoms with van der Waals surface area (Å²) in [6.07, 6.45) is 7.41. The summed E-state index contributed by atoms with van der Waals surface area (Å²) in [7, 11) is 2.10. The van der Waals surface area contributed by atoms with Crippen LogP contribution in [0.2, 0.25) is 0 Å². The maximum atomic E-state index is 14.2. The molecule has 8 heterocycles. The molecule has 0 aliphatic carbocycles. The average Bonchev–Trinajstić information content (AvgIpc) is 4.14. The normalized spacial score (nSPS) is 19.2. The van der Waals surface area contributed by atoms with Crippen molar-refractivity contribution in [2.24, 2.45) is 13.0 Å². The van der Waals surface area contributed by atoms with Crippen molar-refractivity contribution in [2.45, 2.75) is 83.3 Å². The summed E-state index contributed by atoms with van der Waals surface area (Å²) < 4.78 is 20.5. The number of benzene rings is 2. The number of anilines is 1. The van der Waals surface area contributed by atoms with Gasteiger partial charge in [0, 0.05) is 99.2 Å². The molecule has 10 rings (SSSR count). The predicted octanol–water partition coefficient (Wildman–Crippen LogP) is 7.54. The Kier molecular flexibility index (Phi) is 13.0. The largest absolute Gasteiger partial charge is 0.474 e. The molecule has 2 N–H and O–H groups in total. The molecule has 68 heavy (non-hydrogen) atoms. The Labute approximate surface area is 400 Å². The number of ether oxygens (including phenoxy) is 2. The van der Waals surface area contributed by atoms with Gasteiger partial charge in [0.15, 0.2) is 5.76 Å². The van der Waals surface area contributed by atoms with Crippen molar-refractivity contribution >= 4 is 50.8 Å². The summed E-state index contributed by atoms with van der Waals surface area (Å²) in [6, 6.07) is 21.5. The Hall–Kier alpha value is -6.20. The third kappa shape index (κ3) is 9.34. The number of pyridine rings is 2. The first-order chi connectivity index (χ1) is 33.0. The highest BCUT2D eigenvalue weighted by molar-refractivity contribution is 7.13. The Morgan fingerprint density at radius 2 is 1.68 bits per heavy atom. The first kappa shape index (κ1) is 45.6. The highest BCUT2D eigenvalue weighted by Crippen LogP contribution is 2.35. The summed E-state index contributed by atoms with van der Waals surface area (Å²) in [5, 5.41) is 20.3. The van der Waals surface area contributed by atoms with Gasteiger partial charge in [0.05, 0.1) is 46.0 Å². The lowest BCUT2D eigenvalue weighted by atomic mass is 9.91. The zero-order valence-corrected chi connectivity index (χ0v) is 40.1. The van der Waals surface area contributed by atoms with Gasteiger partial charge >= 0.3 is 0 Å². The molecule has 15 nitrogen and oxygen atoms in total. The molecule has 2 aromatic carbocycles. The molecule has 354 valence electrons. The Balaban J connectivity index is 0.657. The topological polar surface area (TPSA) is 164 Å². The maximum Gasteiger partial charge on any atom is 0.254 e. The molecule has 3 fully saturated rings. The van der Waals surface area contributed by atoms with Crippen LogP contribution in [0.3, 0.4) is 0 Å². The van der Waals surface area contributed by atoms with E-state index in [0.717, 1.165) is 89.6 Å². The van der Waals surface area contributed by atoms with Crippen LogP contribution >= 0.6 is 11.3 Å². The average molecular weight is 938 g/mol. The number of aryl methyl sites for hydroxylation is 2. The number of rotatable bonds is 15. The number of aromatic nitrogens is 5. The maximum absolute atomic E-state index is 14.2. The van der Waals surface area contributed by atoms with Crippen LogP contribution in [-0.4, -0.2) is 122 Å². The van der Waals surface area contributed by atoms with Crippen LogP contribution in [0.4, 0.5) is 5.82 Å². The van der Waals surface area contributed by atoms with Crippen molar-refractivity contribution in [1.82, 2.24) is 39.8 Å². The fraction of sp³-hybridized carbons (Fsp3) is 0.423. The van der Waals surface area contributed by atoms with E-state index in [2.05, 4.69) is 78.3 Å².